The van der Waals surface area contributed by atoms with Crippen molar-refractivity contribution < 1.29 is 17.2 Å². The molecule has 1 N–H and O–H groups in total. The fourth-order valence-electron chi connectivity index (χ4n) is 1.17. The van der Waals surface area contributed by atoms with Crippen LogP contribution in [0.3, 0.4) is 0 Å². The lowest BCUT2D eigenvalue weighted by atomic mass is 10.0. The SMILES string of the molecule is CC(C)CCCCCCOS(=O)(=O)O. The minimum atomic E-state index is -4.23. The van der Waals surface area contributed by atoms with Crippen LogP contribution in [0.25, 0.3) is 0 Å². The highest BCUT2D eigenvalue weighted by atomic mass is 32.3. The van der Waals surface area contributed by atoms with Crippen molar-refractivity contribution in [1.82, 2.24) is 0 Å². The predicted molar refractivity (Wildman–Crippen MR) is 55.4 cm³/mol. The molecule has 14 heavy (non-hydrogen) atoms. The van der Waals surface area contributed by atoms with Crippen LogP contribution < -0.4 is 0 Å². The second-order valence-corrected chi connectivity index (χ2v) is 4.94. The van der Waals surface area contributed by atoms with Crippen molar-refractivity contribution in [2.75, 3.05) is 6.61 Å². The van der Waals surface area contributed by atoms with Gasteiger partial charge in [-0.15, -0.1) is 0 Å². The van der Waals surface area contributed by atoms with E-state index in [2.05, 4.69) is 18.0 Å². The molecule has 0 aliphatic rings. The Hall–Kier alpha value is -0.130. The molecular weight excluding hydrogens is 204 g/mol. The molecule has 86 valence electrons. The van der Waals surface area contributed by atoms with Gasteiger partial charge >= 0.3 is 10.4 Å². The first-order valence-electron chi connectivity index (χ1n) is 5.03. The second kappa shape index (κ2) is 7.20. The van der Waals surface area contributed by atoms with Crippen LogP contribution in [0.4, 0.5) is 0 Å². The number of rotatable bonds is 8. The Labute approximate surface area is 86.6 Å². The third-order valence-corrected chi connectivity index (χ3v) is 2.37. The molecule has 0 saturated carbocycles. The van der Waals surface area contributed by atoms with Crippen LogP contribution in [0.5, 0.6) is 0 Å². The average molecular weight is 224 g/mol. The zero-order valence-corrected chi connectivity index (χ0v) is 9.72. The molecule has 0 heterocycles. The van der Waals surface area contributed by atoms with Gasteiger partial charge < -0.3 is 0 Å². The molecule has 0 aliphatic heterocycles. The Morgan fingerprint density at radius 3 is 2.21 bits per heavy atom. The Kier molecular flexibility index (Phi) is 7.13. The molecule has 0 rings (SSSR count). The summed E-state index contributed by atoms with van der Waals surface area (Å²) in [5.41, 5.74) is 0. The highest BCUT2D eigenvalue weighted by molar-refractivity contribution is 7.80. The largest absolute Gasteiger partial charge is 0.397 e. The van der Waals surface area contributed by atoms with Gasteiger partial charge in [-0.05, 0) is 12.3 Å². The summed E-state index contributed by atoms with van der Waals surface area (Å²) in [7, 11) is -4.23. The van der Waals surface area contributed by atoms with Crippen LogP contribution in [-0.4, -0.2) is 19.6 Å². The van der Waals surface area contributed by atoms with E-state index in [-0.39, 0.29) is 6.61 Å². The Balaban J connectivity index is 3.15. The van der Waals surface area contributed by atoms with Gasteiger partial charge in [0.2, 0.25) is 0 Å². The topological polar surface area (TPSA) is 63.6 Å². The van der Waals surface area contributed by atoms with Crippen LogP contribution in [0.2, 0.25) is 0 Å². The lowest BCUT2D eigenvalue weighted by molar-refractivity contribution is 0.261. The van der Waals surface area contributed by atoms with Gasteiger partial charge in [-0.2, -0.15) is 8.42 Å². The van der Waals surface area contributed by atoms with E-state index >= 15 is 0 Å². The lowest BCUT2D eigenvalue weighted by Gasteiger charge is -2.03. The maximum absolute atomic E-state index is 10.1. The van der Waals surface area contributed by atoms with Gasteiger partial charge in [0.25, 0.3) is 0 Å². The number of hydrogen-bond acceptors (Lipinski definition) is 3. The molecule has 5 heteroatoms. The van der Waals surface area contributed by atoms with Gasteiger partial charge in [-0.1, -0.05) is 39.5 Å². The number of hydrogen-bond donors (Lipinski definition) is 1. The molecule has 0 saturated heterocycles. The first-order valence-corrected chi connectivity index (χ1v) is 6.40. The Morgan fingerprint density at radius 1 is 1.14 bits per heavy atom. The molecule has 0 atom stereocenters. The van der Waals surface area contributed by atoms with E-state index in [0.29, 0.717) is 6.42 Å². The second-order valence-electron chi connectivity index (χ2n) is 3.85. The summed E-state index contributed by atoms with van der Waals surface area (Å²) in [6.07, 6.45) is 5.09. The van der Waals surface area contributed by atoms with Crippen molar-refractivity contribution in [3.05, 3.63) is 0 Å². The van der Waals surface area contributed by atoms with Crippen molar-refractivity contribution in [3.63, 3.8) is 0 Å². The van der Waals surface area contributed by atoms with Gasteiger partial charge in [0.1, 0.15) is 0 Å². The first kappa shape index (κ1) is 13.9. The van der Waals surface area contributed by atoms with Crippen LogP contribution in [0.1, 0.15) is 46.0 Å². The summed E-state index contributed by atoms with van der Waals surface area (Å²) in [5.74, 6) is 0.726. The van der Waals surface area contributed by atoms with Crippen LogP contribution in [0.15, 0.2) is 0 Å². The van der Waals surface area contributed by atoms with Gasteiger partial charge in [-0.3, -0.25) is 4.55 Å². The third kappa shape index (κ3) is 11.9. The van der Waals surface area contributed by atoms with Crippen molar-refractivity contribution in [3.8, 4) is 0 Å². The summed E-state index contributed by atoms with van der Waals surface area (Å²) in [4.78, 5) is 0. The van der Waals surface area contributed by atoms with Crippen LogP contribution in [-0.2, 0) is 14.6 Å². The molecule has 0 aliphatic carbocycles. The molecule has 0 aromatic carbocycles. The fraction of sp³-hybridized carbons (Fsp3) is 1.00. The summed E-state index contributed by atoms with van der Waals surface area (Å²) in [6.45, 7) is 4.45. The summed E-state index contributed by atoms with van der Waals surface area (Å²) in [5, 5.41) is 0. The van der Waals surface area contributed by atoms with E-state index in [1.165, 1.54) is 12.8 Å². The Bertz CT molecular complexity index is 221. The Morgan fingerprint density at radius 2 is 1.71 bits per heavy atom. The van der Waals surface area contributed by atoms with E-state index in [0.717, 1.165) is 18.8 Å². The van der Waals surface area contributed by atoms with Crippen molar-refractivity contribution in [2.45, 2.75) is 46.0 Å². The van der Waals surface area contributed by atoms with Crippen LogP contribution in [0, 0.1) is 5.92 Å². The molecule has 0 unspecified atom stereocenters. The lowest BCUT2D eigenvalue weighted by Crippen LogP contribution is -2.04. The van der Waals surface area contributed by atoms with Gasteiger partial charge in [0.05, 0.1) is 6.61 Å². The smallest absolute Gasteiger partial charge is 0.264 e. The molecule has 0 aromatic heterocycles. The number of unbranched alkanes of at least 4 members (excludes halogenated alkanes) is 3. The summed E-state index contributed by atoms with van der Waals surface area (Å²) < 4.78 is 32.7. The molecule has 0 spiro atoms. The molecule has 0 amide bonds. The summed E-state index contributed by atoms with van der Waals surface area (Å²) >= 11 is 0. The zero-order chi connectivity index (χ0) is 11.0. The third-order valence-electron chi connectivity index (χ3n) is 1.91. The van der Waals surface area contributed by atoms with E-state index in [1.807, 2.05) is 0 Å². The van der Waals surface area contributed by atoms with Crippen molar-refractivity contribution >= 4 is 10.4 Å². The summed E-state index contributed by atoms with van der Waals surface area (Å²) in [6, 6.07) is 0. The van der Waals surface area contributed by atoms with Gasteiger partial charge in [-0.25, -0.2) is 4.18 Å². The predicted octanol–water partition coefficient (Wildman–Crippen LogP) is 2.41. The van der Waals surface area contributed by atoms with E-state index in [9.17, 15) is 8.42 Å². The van der Waals surface area contributed by atoms with Gasteiger partial charge in [0, 0.05) is 0 Å². The van der Waals surface area contributed by atoms with E-state index < -0.39 is 10.4 Å². The van der Waals surface area contributed by atoms with E-state index in [4.69, 9.17) is 4.55 Å². The highest BCUT2D eigenvalue weighted by Gasteiger charge is 2.02. The van der Waals surface area contributed by atoms with Gasteiger partial charge in [0.15, 0.2) is 0 Å². The standard InChI is InChI=1S/C9H20O4S/c1-9(2)7-5-3-4-6-8-13-14(10,11)12/h9H,3-8H2,1-2H3,(H,10,11,12). The fourth-order valence-corrected chi connectivity index (χ4v) is 1.50. The highest BCUT2D eigenvalue weighted by Crippen LogP contribution is 2.09. The van der Waals surface area contributed by atoms with Crippen LogP contribution >= 0.6 is 0 Å². The molecule has 0 bridgehead atoms. The van der Waals surface area contributed by atoms with Crippen molar-refractivity contribution in [2.24, 2.45) is 5.92 Å². The maximum atomic E-state index is 10.1. The molecule has 0 fully saturated rings. The minimum absolute atomic E-state index is 0.0838. The average Bonchev–Trinajstić information content (AvgIpc) is 2.00. The quantitative estimate of drug-likeness (QED) is 0.508. The normalized spacial score (nSPS) is 12.3. The first-order chi connectivity index (χ1) is 6.42. The maximum Gasteiger partial charge on any atom is 0.397 e. The zero-order valence-electron chi connectivity index (χ0n) is 8.90. The molecule has 4 nitrogen and oxygen atoms in total. The van der Waals surface area contributed by atoms with E-state index in [1.54, 1.807) is 0 Å². The monoisotopic (exact) mass is 224 g/mol. The van der Waals surface area contributed by atoms with Crippen molar-refractivity contribution in [1.29, 1.82) is 0 Å². The molecular formula is C9H20O4S. The molecule has 0 aromatic rings. The minimum Gasteiger partial charge on any atom is -0.264 e. The molecule has 0 radical (unpaired) electrons.